The van der Waals surface area contributed by atoms with Crippen molar-refractivity contribution in [2.75, 3.05) is 6.54 Å². The SMILES string of the molecule is CC(CN)(CCc1ccccc1)C(F)F. The summed E-state index contributed by atoms with van der Waals surface area (Å²) < 4.78 is 25.4. The molecule has 1 unspecified atom stereocenters. The molecule has 15 heavy (non-hydrogen) atoms. The Labute approximate surface area is 89.3 Å². The van der Waals surface area contributed by atoms with E-state index in [2.05, 4.69) is 0 Å². The minimum atomic E-state index is -2.36. The second-order valence-electron chi connectivity index (χ2n) is 4.14. The van der Waals surface area contributed by atoms with Crippen molar-refractivity contribution >= 4 is 0 Å². The van der Waals surface area contributed by atoms with Gasteiger partial charge in [0.25, 0.3) is 0 Å². The van der Waals surface area contributed by atoms with Gasteiger partial charge in [0.05, 0.1) is 0 Å². The molecule has 1 nitrogen and oxygen atoms in total. The Bertz CT molecular complexity index is 287. The van der Waals surface area contributed by atoms with Crippen LogP contribution < -0.4 is 5.73 Å². The predicted octanol–water partition coefficient (Wildman–Crippen LogP) is 2.85. The average molecular weight is 213 g/mol. The molecule has 0 aromatic heterocycles. The summed E-state index contributed by atoms with van der Waals surface area (Å²) in [5.41, 5.74) is 5.41. The van der Waals surface area contributed by atoms with Crippen molar-refractivity contribution < 1.29 is 8.78 Å². The molecular formula is C12H17F2N. The first-order valence-corrected chi connectivity index (χ1v) is 5.10. The number of hydrogen-bond acceptors (Lipinski definition) is 1. The molecule has 0 aliphatic carbocycles. The van der Waals surface area contributed by atoms with Gasteiger partial charge >= 0.3 is 0 Å². The highest BCUT2D eigenvalue weighted by Gasteiger charge is 2.32. The maximum Gasteiger partial charge on any atom is 0.245 e. The van der Waals surface area contributed by atoms with Gasteiger partial charge in [-0.05, 0) is 18.4 Å². The van der Waals surface area contributed by atoms with E-state index in [-0.39, 0.29) is 6.54 Å². The van der Waals surface area contributed by atoms with Crippen LogP contribution in [0.25, 0.3) is 0 Å². The van der Waals surface area contributed by atoms with Gasteiger partial charge in [0.15, 0.2) is 0 Å². The lowest BCUT2D eigenvalue weighted by Crippen LogP contribution is -2.35. The molecule has 0 heterocycles. The number of alkyl halides is 2. The second-order valence-corrected chi connectivity index (χ2v) is 4.14. The van der Waals surface area contributed by atoms with E-state index in [1.54, 1.807) is 6.92 Å². The first-order valence-electron chi connectivity index (χ1n) is 5.10. The normalized spacial score (nSPS) is 15.3. The monoisotopic (exact) mass is 213 g/mol. The molecule has 1 aromatic carbocycles. The summed E-state index contributed by atoms with van der Waals surface area (Å²) in [5, 5.41) is 0. The van der Waals surface area contributed by atoms with Gasteiger partial charge in [-0.2, -0.15) is 0 Å². The lowest BCUT2D eigenvalue weighted by molar-refractivity contribution is 0.00755. The largest absolute Gasteiger partial charge is 0.330 e. The van der Waals surface area contributed by atoms with Crippen molar-refractivity contribution in [3.8, 4) is 0 Å². The van der Waals surface area contributed by atoms with Crippen LogP contribution in [-0.2, 0) is 6.42 Å². The van der Waals surface area contributed by atoms with Crippen LogP contribution in [-0.4, -0.2) is 13.0 Å². The van der Waals surface area contributed by atoms with Gasteiger partial charge in [-0.3, -0.25) is 0 Å². The fourth-order valence-corrected chi connectivity index (χ4v) is 1.37. The first kappa shape index (κ1) is 12.1. The predicted molar refractivity (Wildman–Crippen MR) is 57.9 cm³/mol. The lowest BCUT2D eigenvalue weighted by atomic mass is 9.84. The maximum absolute atomic E-state index is 12.7. The maximum atomic E-state index is 12.7. The number of rotatable bonds is 5. The van der Waals surface area contributed by atoms with E-state index in [1.165, 1.54) is 0 Å². The van der Waals surface area contributed by atoms with E-state index < -0.39 is 11.8 Å². The molecule has 0 spiro atoms. The molecule has 2 N–H and O–H groups in total. The number of aryl methyl sites for hydroxylation is 1. The standard InChI is InChI=1S/C12H17F2N/c1-12(9-15,11(13)14)8-7-10-5-3-2-4-6-10/h2-6,11H,7-9,15H2,1H3. The summed E-state index contributed by atoms with van der Waals surface area (Å²) in [6.45, 7) is 1.57. The molecule has 0 saturated carbocycles. The minimum Gasteiger partial charge on any atom is -0.330 e. The third kappa shape index (κ3) is 3.27. The molecule has 0 saturated heterocycles. The summed E-state index contributed by atoms with van der Waals surface area (Å²) in [6.07, 6.45) is -1.28. The zero-order valence-corrected chi connectivity index (χ0v) is 8.92. The van der Waals surface area contributed by atoms with E-state index >= 15 is 0 Å². The smallest absolute Gasteiger partial charge is 0.245 e. The Morgan fingerprint density at radius 2 is 1.87 bits per heavy atom. The molecule has 0 bridgehead atoms. The quantitative estimate of drug-likeness (QED) is 0.799. The Morgan fingerprint density at radius 3 is 2.33 bits per heavy atom. The number of nitrogens with two attached hydrogens (primary N) is 1. The zero-order chi connectivity index (χ0) is 11.3. The fraction of sp³-hybridized carbons (Fsp3) is 0.500. The van der Waals surface area contributed by atoms with E-state index in [0.717, 1.165) is 5.56 Å². The lowest BCUT2D eigenvalue weighted by Gasteiger charge is -2.26. The van der Waals surface area contributed by atoms with E-state index in [9.17, 15) is 8.78 Å². The summed E-state index contributed by atoms with van der Waals surface area (Å²) >= 11 is 0. The molecule has 84 valence electrons. The van der Waals surface area contributed by atoms with Crippen LogP contribution in [0.1, 0.15) is 18.9 Å². The molecule has 0 radical (unpaired) electrons. The number of hydrogen-bond donors (Lipinski definition) is 1. The van der Waals surface area contributed by atoms with Gasteiger partial charge in [-0.15, -0.1) is 0 Å². The topological polar surface area (TPSA) is 26.0 Å². The molecule has 0 amide bonds. The van der Waals surface area contributed by atoms with Crippen LogP contribution in [0.4, 0.5) is 8.78 Å². The van der Waals surface area contributed by atoms with E-state index in [0.29, 0.717) is 12.8 Å². The molecule has 0 aliphatic rings. The summed E-state index contributed by atoms with van der Waals surface area (Å²) in [7, 11) is 0. The molecule has 1 rings (SSSR count). The van der Waals surface area contributed by atoms with Crippen LogP contribution in [0.2, 0.25) is 0 Å². The van der Waals surface area contributed by atoms with Crippen molar-refractivity contribution in [3.05, 3.63) is 35.9 Å². The van der Waals surface area contributed by atoms with Crippen molar-refractivity contribution in [2.45, 2.75) is 26.2 Å². The van der Waals surface area contributed by atoms with Gasteiger partial charge in [0, 0.05) is 12.0 Å². The summed E-state index contributed by atoms with van der Waals surface area (Å²) in [6, 6.07) is 9.64. The van der Waals surface area contributed by atoms with Crippen LogP contribution in [0.3, 0.4) is 0 Å². The van der Waals surface area contributed by atoms with Crippen molar-refractivity contribution in [3.63, 3.8) is 0 Å². The van der Waals surface area contributed by atoms with Crippen molar-refractivity contribution in [2.24, 2.45) is 11.1 Å². The molecule has 3 heteroatoms. The fourth-order valence-electron chi connectivity index (χ4n) is 1.37. The van der Waals surface area contributed by atoms with Crippen LogP contribution in [0, 0.1) is 5.41 Å². The van der Waals surface area contributed by atoms with Gasteiger partial charge in [-0.1, -0.05) is 37.3 Å². The zero-order valence-electron chi connectivity index (χ0n) is 8.92. The van der Waals surface area contributed by atoms with E-state index in [1.807, 2.05) is 30.3 Å². The molecule has 1 atom stereocenters. The van der Waals surface area contributed by atoms with Gasteiger partial charge in [-0.25, -0.2) is 8.78 Å². The van der Waals surface area contributed by atoms with Crippen molar-refractivity contribution in [1.29, 1.82) is 0 Å². The summed E-state index contributed by atoms with van der Waals surface area (Å²) in [5.74, 6) is 0. The van der Waals surface area contributed by atoms with E-state index in [4.69, 9.17) is 5.73 Å². The minimum absolute atomic E-state index is 0.0253. The Kier molecular flexibility index (Phi) is 4.21. The van der Waals surface area contributed by atoms with Crippen LogP contribution >= 0.6 is 0 Å². The Balaban J connectivity index is 2.55. The second kappa shape index (κ2) is 5.21. The van der Waals surface area contributed by atoms with Gasteiger partial charge < -0.3 is 5.73 Å². The highest BCUT2D eigenvalue weighted by Crippen LogP contribution is 2.29. The van der Waals surface area contributed by atoms with Gasteiger partial charge in [0.2, 0.25) is 6.43 Å². The summed E-state index contributed by atoms with van der Waals surface area (Å²) in [4.78, 5) is 0. The number of halogens is 2. The molecule has 0 fully saturated rings. The molecule has 0 aliphatic heterocycles. The van der Waals surface area contributed by atoms with Crippen LogP contribution in [0.15, 0.2) is 30.3 Å². The Morgan fingerprint density at radius 1 is 1.27 bits per heavy atom. The molecule has 1 aromatic rings. The average Bonchev–Trinajstić information content (AvgIpc) is 2.27. The first-order chi connectivity index (χ1) is 7.08. The third-order valence-electron chi connectivity index (χ3n) is 2.82. The highest BCUT2D eigenvalue weighted by atomic mass is 19.3. The number of benzene rings is 1. The third-order valence-corrected chi connectivity index (χ3v) is 2.82. The van der Waals surface area contributed by atoms with Crippen molar-refractivity contribution in [1.82, 2.24) is 0 Å². The van der Waals surface area contributed by atoms with Gasteiger partial charge in [0.1, 0.15) is 0 Å². The highest BCUT2D eigenvalue weighted by molar-refractivity contribution is 5.15. The Hall–Kier alpha value is -0.960. The molecular weight excluding hydrogens is 196 g/mol. The van der Waals surface area contributed by atoms with Crippen LogP contribution in [0.5, 0.6) is 0 Å².